The molecular formula is C10H21NO2S. The molecule has 0 radical (unpaired) electrons. The number of hydrogen-bond donors (Lipinski definition) is 2. The molecule has 1 rings (SSSR count). The first kappa shape index (κ1) is 12.3. The van der Waals surface area contributed by atoms with E-state index in [2.05, 4.69) is 0 Å². The van der Waals surface area contributed by atoms with Crippen molar-refractivity contribution in [3.63, 3.8) is 0 Å². The minimum atomic E-state index is -0.293. The van der Waals surface area contributed by atoms with Crippen molar-refractivity contribution in [1.29, 1.82) is 0 Å². The molecule has 1 aliphatic rings. The number of nitrogens with two attached hydrogens (primary N) is 1. The number of ether oxygens (including phenoxy) is 1. The lowest BCUT2D eigenvalue weighted by Gasteiger charge is -2.20. The molecule has 0 spiro atoms. The van der Waals surface area contributed by atoms with Crippen molar-refractivity contribution in [3.8, 4) is 0 Å². The molecule has 84 valence electrons. The Bertz CT molecular complexity index is 168. The molecule has 0 aromatic rings. The summed E-state index contributed by atoms with van der Waals surface area (Å²) in [5.41, 5.74) is 5.70. The molecule has 4 heteroatoms. The maximum atomic E-state index is 9.10. The third kappa shape index (κ3) is 3.77. The van der Waals surface area contributed by atoms with Gasteiger partial charge in [-0.2, -0.15) is 11.8 Å². The Hall–Kier alpha value is 0.230. The summed E-state index contributed by atoms with van der Waals surface area (Å²) in [6, 6.07) is 0. The minimum absolute atomic E-state index is 0.127. The molecule has 1 fully saturated rings. The van der Waals surface area contributed by atoms with Crippen molar-refractivity contribution < 1.29 is 9.84 Å². The monoisotopic (exact) mass is 219 g/mol. The zero-order chi connectivity index (χ0) is 10.4. The molecule has 1 aliphatic carbocycles. The lowest BCUT2D eigenvalue weighted by Crippen LogP contribution is -2.41. The summed E-state index contributed by atoms with van der Waals surface area (Å²) >= 11 is 1.97. The highest BCUT2D eigenvalue weighted by molar-refractivity contribution is 7.99. The predicted molar refractivity (Wildman–Crippen MR) is 60.6 cm³/mol. The minimum Gasteiger partial charge on any atom is -0.394 e. The summed E-state index contributed by atoms with van der Waals surface area (Å²) in [5, 5.41) is 9.74. The van der Waals surface area contributed by atoms with Crippen LogP contribution in [0.25, 0.3) is 0 Å². The van der Waals surface area contributed by atoms with E-state index in [4.69, 9.17) is 15.6 Å². The Labute approximate surface area is 90.4 Å². The van der Waals surface area contributed by atoms with Crippen LogP contribution in [0.15, 0.2) is 0 Å². The summed E-state index contributed by atoms with van der Waals surface area (Å²) < 4.78 is 4.99. The SMILES string of the molecule is COCCCSC1CCC(N)(CO)C1. The number of hydrogen-bond acceptors (Lipinski definition) is 4. The van der Waals surface area contributed by atoms with E-state index >= 15 is 0 Å². The molecular weight excluding hydrogens is 198 g/mol. The van der Waals surface area contributed by atoms with Crippen LogP contribution in [0, 0.1) is 0 Å². The van der Waals surface area contributed by atoms with Gasteiger partial charge in [0, 0.05) is 24.5 Å². The average Bonchev–Trinajstić information content (AvgIpc) is 2.56. The van der Waals surface area contributed by atoms with Crippen molar-refractivity contribution >= 4 is 11.8 Å². The second-order valence-corrected chi connectivity index (χ2v) is 5.51. The summed E-state index contributed by atoms with van der Waals surface area (Å²) in [7, 11) is 1.73. The first-order chi connectivity index (χ1) is 6.70. The molecule has 3 nitrogen and oxygen atoms in total. The quantitative estimate of drug-likeness (QED) is 0.654. The molecule has 2 atom stereocenters. The Morgan fingerprint density at radius 1 is 1.64 bits per heavy atom. The van der Waals surface area contributed by atoms with Crippen molar-refractivity contribution in [1.82, 2.24) is 0 Å². The predicted octanol–water partition coefficient (Wildman–Crippen LogP) is 0.998. The highest BCUT2D eigenvalue weighted by Crippen LogP contribution is 2.35. The Morgan fingerprint density at radius 2 is 2.43 bits per heavy atom. The highest BCUT2D eigenvalue weighted by Gasteiger charge is 2.34. The van der Waals surface area contributed by atoms with Crippen LogP contribution in [0.2, 0.25) is 0 Å². The van der Waals surface area contributed by atoms with Crippen molar-refractivity contribution in [2.45, 2.75) is 36.5 Å². The molecule has 0 heterocycles. The van der Waals surface area contributed by atoms with Crippen LogP contribution in [0.3, 0.4) is 0 Å². The molecule has 1 saturated carbocycles. The van der Waals surface area contributed by atoms with E-state index in [0.717, 1.165) is 38.0 Å². The zero-order valence-corrected chi connectivity index (χ0v) is 9.68. The largest absolute Gasteiger partial charge is 0.394 e. The number of thioether (sulfide) groups is 1. The number of aliphatic hydroxyl groups is 1. The van der Waals surface area contributed by atoms with Gasteiger partial charge in [0.2, 0.25) is 0 Å². The van der Waals surface area contributed by atoms with Gasteiger partial charge in [-0.1, -0.05) is 0 Å². The van der Waals surface area contributed by atoms with Crippen LogP contribution in [-0.4, -0.2) is 42.0 Å². The Morgan fingerprint density at radius 3 is 3.00 bits per heavy atom. The van der Waals surface area contributed by atoms with E-state index in [-0.39, 0.29) is 12.1 Å². The molecule has 3 N–H and O–H groups in total. The van der Waals surface area contributed by atoms with E-state index in [9.17, 15) is 0 Å². The van der Waals surface area contributed by atoms with E-state index < -0.39 is 0 Å². The van der Waals surface area contributed by atoms with Gasteiger partial charge in [0.05, 0.1) is 6.61 Å². The zero-order valence-electron chi connectivity index (χ0n) is 8.87. The van der Waals surface area contributed by atoms with Gasteiger partial charge in [-0.05, 0) is 31.4 Å². The van der Waals surface area contributed by atoms with Gasteiger partial charge in [0.15, 0.2) is 0 Å². The molecule has 0 amide bonds. The van der Waals surface area contributed by atoms with Crippen molar-refractivity contribution in [3.05, 3.63) is 0 Å². The molecule has 0 saturated heterocycles. The van der Waals surface area contributed by atoms with Gasteiger partial charge in [0.1, 0.15) is 0 Å². The van der Waals surface area contributed by atoms with Crippen LogP contribution in [0.5, 0.6) is 0 Å². The summed E-state index contributed by atoms with van der Waals surface area (Å²) in [6.45, 7) is 0.968. The van der Waals surface area contributed by atoms with Crippen molar-refractivity contribution in [2.75, 3.05) is 26.1 Å². The Balaban J connectivity index is 2.10. The summed E-state index contributed by atoms with van der Waals surface area (Å²) in [4.78, 5) is 0. The first-order valence-corrected chi connectivity index (χ1v) is 6.25. The standard InChI is InChI=1S/C10H21NO2S/c1-13-5-2-6-14-9-3-4-10(11,7-9)8-12/h9,12H,2-8,11H2,1H3. The fourth-order valence-electron chi connectivity index (χ4n) is 1.85. The van der Waals surface area contributed by atoms with Gasteiger partial charge in [-0.3, -0.25) is 0 Å². The van der Waals surface area contributed by atoms with Gasteiger partial charge in [0.25, 0.3) is 0 Å². The number of aliphatic hydroxyl groups excluding tert-OH is 1. The van der Waals surface area contributed by atoms with Crippen LogP contribution in [0.4, 0.5) is 0 Å². The molecule has 0 aliphatic heterocycles. The van der Waals surface area contributed by atoms with Gasteiger partial charge in [-0.15, -0.1) is 0 Å². The van der Waals surface area contributed by atoms with Crippen LogP contribution < -0.4 is 5.73 Å². The smallest absolute Gasteiger partial charge is 0.0611 e. The molecule has 0 aromatic heterocycles. The molecule has 0 aromatic carbocycles. The van der Waals surface area contributed by atoms with E-state index in [1.807, 2.05) is 11.8 Å². The van der Waals surface area contributed by atoms with Gasteiger partial charge < -0.3 is 15.6 Å². The number of methoxy groups -OCH3 is 1. The van der Waals surface area contributed by atoms with E-state index in [0.29, 0.717) is 5.25 Å². The lowest BCUT2D eigenvalue weighted by atomic mass is 10.0. The third-order valence-electron chi connectivity index (χ3n) is 2.76. The van der Waals surface area contributed by atoms with Crippen LogP contribution in [0.1, 0.15) is 25.7 Å². The average molecular weight is 219 g/mol. The molecule has 2 unspecified atom stereocenters. The summed E-state index contributed by atoms with van der Waals surface area (Å²) in [6.07, 6.45) is 4.18. The highest BCUT2D eigenvalue weighted by atomic mass is 32.2. The normalized spacial score (nSPS) is 32.4. The summed E-state index contributed by atoms with van der Waals surface area (Å²) in [5.74, 6) is 1.14. The van der Waals surface area contributed by atoms with Gasteiger partial charge >= 0.3 is 0 Å². The van der Waals surface area contributed by atoms with E-state index in [1.54, 1.807) is 7.11 Å². The van der Waals surface area contributed by atoms with Gasteiger partial charge in [-0.25, -0.2) is 0 Å². The second-order valence-electron chi connectivity index (χ2n) is 4.10. The maximum absolute atomic E-state index is 9.10. The Kier molecular flexibility index (Phi) is 5.23. The second kappa shape index (κ2) is 5.95. The third-order valence-corrected chi connectivity index (χ3v) is 4.16. The number of rotatable bonds is 6. The van der Waals surface area contributed by atoms with Crippen LogP contribution >= 0.6 is 11.8 Å². The lowest BCUT2D eigenvalue weighted by molar-refractivity contribution is 0.199. The maximum Gasteiger partial charge on any atom is 0.0611 e. The molecule has 14 heavy (non-hydrogen) atoms. The molecule has 0 bridgehead atoms. The van der Waals surface area contributed by atoms with E-state index in [1.165, 1.54) is 0 Å². The van der Waals surface area contributed by atoms with Crippen molar-refractivity contribution in [2.24, 2.45) is 5.73 Å². The fourth-order valence-corrected chi connectivity index (χ4v) is 3.20. The fraction of sp³-hybridized carbons (Fsp3) is 1.00. The first-order valence-electron chi connectivity index (χ1n) is 5.20. The van der Waals surface area contributed by atoms with Crippen LogP contribution in [-0.2, 0) is 4.74 Å². The topological polar surface area (TPSA) is 55.5 Å².